The number of alkyl halides is 1. The summed E-state index contributed by atoms with van der Waals surface area (Å²) in [5.74, 6) is -0.166. The molecule has 0 aromatic heterocycles. The van der Waals surface area contributed by atoms with Crippen LogP contribution in [0.15, 0.2) is 16.6 Å². The van der Waals surface area contributed by atoms with E-state index in [-0.39, 0.29) is 23.2 Å². The second kappa shape index (κ2) is 5.75. The molecule has 0 aliphatic rings. The maximum absolute atomic E-state index is 12.3. The molecule has 1 rings (SSSR count). The maximum atomic E-state index is 12.3. The molecule has 0 unspecified atom stereocenters. The second-order valence-corrected chi connectivity index (χ2v) is 3.81. The average molecular weight is 305 g/mol. The van der Waals surface area contributed by atoms with Gasteiger partial charge in [0.05, 0.1) is 11.1 Å². The zero-order valence-electron chi connectivity index (χ0n) is 7.01. The van der Waals surface area contributed by atoms with Gasteiger partial charge in [-0.05, 0) is 12.1 Å². The van der Waals surface area contributed by atoms with Crippen LogP contribution in [0.5, 0.6) is 5.75 Å². The van der Waals surface area contributed by atoms with E-state index in [0.29, 0.717) is 10.0 Å². The summed E-state index contributed by atoms with van der Waals surface area (Å²) in [6.07, 6.45) is 0. The lowest BCUT2D eigenvalue weighted by atomic mass is 10.1. The van der Waals surface area contributed by atoms with Gasteiger partial charge in [0, 0.05) is 10.0 Å². The topological polar surface area (TPSA) is 46.2 Å². The average Bonchev–Trinajstić information content (AvgIpc) is 2.12. The fraction of sp³-hybridized carbons (Fsp3) is 0.250. The zero-order valence-corrected chi connectivity index (χ0v) is 10.2. The first-order valence-corrected chi connectivity index (χ1v) is 4.73. The molecule has 0 heterocycles. The predicted octanol–water partition coefficient (Wildman–Crippen LogP) is 3.20. The molecule has 1 atom stereocenters. The molecular weight excluding hydrogens is 296 g/mol. The van der Waals surface area contributed by atoms with Gasteiger partial charge in [0.2, 0.25) is 0 Å². The molecule has 14 heavy (non-hydrogen) atoms. The van der Waals surface area contributed by atoms with E-state index in [1.807, 2.05) is 0 Å². The molecule has 3 N–H and O–H groups in total. The van der Waals surface area contributed by atoms with Crippen LogP contribution in [0.25, 0.3) is 0 Å². The molecular formula is C8H9BrCl2FNO. The Morgan fingerprint density at radius 3 is 2.64 bits per heavy atom. The number of phenolic OH excluding ortho intramolecular Hbond substituents is 1. The molecule has 0 fully saturated rings. The highest BCUT2D eigenvalue weighted by Crippen LogP contribution is 2.36. The van der Waals surface area contributed by atoms with E-state index in [0.717, 1.165) is 0 Å². The first-order chi connectivity index (χ1) is 6.07. The van der Waals surface area contributed by atoms with E-state index in [1.165, 1.54) is 6.07 Å². The maximum Gasteiger partial charge on any atom is 0.140 e. The van der Waals surface area contributed by atoms with Crippen molar-refractivity contribution < 1.29 is 9.50 Å². The van der Waals surface area contributed by atoms with Gasteiger partial charge in [0.25, 0.3) is 0 Å². The van der Waals surface area contributed by atoms with E-state index in [4.69, 9.17) is 17.3 Å². The van der Waals surface area contributed by atoms with Crippen LogP contribution in [0.1, 0.15) is 11.6 Å². The van der Waals surface area contributed by atoms with Crippen molar-refractivity contribution in [1.29, 1.82) is 0 Å². The fourth-order valence-corrected chi connectivity index (χ4v) is 1.77. The molecule has 0 radical (unpaired) electrons. The quantitative estimate of drug-likeness (QED) is 0.881. The van der Waals surface area contributed by atoms with Gasteiger partial charge in [-0.2, -0.15) is 0 Å². The third-order valence-corrected chi connectivity index (χ3v) is 2.65. The standard InChI is InChI=1S/C8H8BrClFNO.ClH/c9-4-1-2-5(10)8(13)7(4)6(12)3-11;/h1-2,6,13H,3,12H2;1H/t6-;/m0./s1. The van der Waals surface area contributed by atoms with Crippen LogP contribution in [-0.4, -0.2) is 11.8 Å². The van der Waals surface area contributed by atoms with Crippen molar-refractivity contribution in [3.8, 4) is 5.75 Å². The summed E-state index contributed by atoms with van der Waals surface area (Å²) in [5, 5.41) is 9.64. The van der Waals surface area contributed by atoms with E-state index < -0.39 is 12.7 Å². The summed E-state index contributed by atoms with van der Waals surface area (Å²) in [6, 6.07) is 2.27. The van der Waals surface area contributed by atoms with Gasteiger partial charge < -0.3 is 10.8 Å². The van der Waals surface area contributed by atoms with Crippen molar-refractivity contribution in [2.75, 3.05) is 6.67 Å². The predicted molar refractivity (Wildman–Crippen MR) is 61.0 cm³/mol. The Labute approximate surface area is 101 Å². The molecule has 6 heteroatoms. The third-order valence-electron chi connectivity index (χ3n) is 1.65. The van der Waals surface area contributed by atoms with Gasteiger partial charge in [-0.15, -0.1) is 12.4 Å². The molecule has 0 bridgehead atoms. The van der Waals surface area contributed by atoms with Gasteiger partial charge >= 0.3 is 0 Å². The summed E-state index contributed by atoms with van der Waals surface area (Å²) < 4.78 is 12.8. The zero-order chi connectivity index (χ0) is 10.0. The minimum atomic E-state index is -0.854. The van der Waals surface area contributed by atoms with Crippen LogP contribution in [0.4, 0.5) is 4.39 Å². The molecule has 0 saturated heterocycles. The van der Waals surface area contributed by atoms with Crippen LogP contribution >= 0.6 is 39.9 Å². The van der Waals surface area contributed by atoms with E-state index in [1.54, 1.807) is 6.07 Å². The van der Waals surface area contributed by atoms with Gasteiger partial charge in [-0.25, -0.2) is 4.39 Å². The lowest BCUT2D eigenvalue weighted by Gasteiger charge is -2.12. The normalized spacial score (nSPS) is 12.0. The highest BCUT2D eigenvalue weighted by molar-refractivity contribution is 9.10. The van der Waals surface area contributed by atoms with Crippen LogP contribution in [-0.2, 0) is 0 Å². The fourth-order valence-electron chi connectivity index (χ4n) is 0.987. The molecule has 1 aromatic rings. The van der Waals surface area contributed by atoms with Gasteiger partial charge in [0.15, 0.2) is 0 Å². The van der Waals surface area contributed by atoms with Crippen molar-refractivity contribution >= 4 is 39.9 Å². The lowest BCUT2D eigenvalue weighted by molar-refractivity contribution is 0.413. The molecule has 0 saturated carbocycles. The SMILES string of the molecule is Cl.N[C@@H](CF)c1c(Br)ccc(Cl)c1O. The van der Waals surface area contributed by atoms with Crippen molar-refractivity contribution in [3.63, 3.8) is 0 Å². The molecule has 1 aromatic carbocycles. The number of benzene rings is 1. The van der Waals surface area contributed by atoms with E-state index >= 15 is 0 Å². The molecule has 0 aliphatic carbocycles. The largest absolute Gasteiger partial charge is 0.506 e. The number of hydrogen-bond donors (Lipinski definition) is 2. The highest BCUT2D eigenvalue weighted by Gasteiger charge is 2.16. The van der Waals surface area contributed by atoms with Crippen molar-refractivity contribution in [3.05, 3.63) is 27.2 Å². The Hall–Kier alpha value is -0.0300. The monoisotopic (exact) mass is 303 g/mol. The van der Waals surface area contributed by atoms with Gasteiger partial charge in [-0.1, -0.05) is 27.5 Å². The molecule has 80 valence electrons. The number of aromatic hydroxyl groups is 1. The molecule has 0 amide bonds. The third kappa shape index (κ3) is 2.73. The van der Waals surface area contributed by atoms with Gasteiger partial charge in [-0.3, -0.25) is 0 Å². The number of hydrogen-bond acceptors (Lipinski definition) is 2. The lowest BCUT2D eigenvalue weighted by Crippen LogP contribution is -2.13. The Bertz CT molecular complexity index is 324. The second-order valence-electron chi connectivity index (χ2n) is 2.55. The highest BCUT2D eigenvalue weighted by atomic mass is 79.9. The number of phenols is 1. The summed E-state index contributed by atoms with van der Waals surface area (Å²) >= 11 is 8.80. The van der Waals surface area contributed by atoms with Gasteiger partial charge in [0.1, 0.15) is 12.4 Å². The Morgan fingerprint density at radius 2 is 2.14 bits per heavy atom. The van der Waals surface area contributed by atoms with Crippen LogP contribution in [0, 0.1) is 0 Å². The molecule has 0 aliphatic heterocycles. The Balaban J connectivity index is 0.00000169. The Morgan fingerprint density at radius 1 is 1.57 bits per heavy atom. The number of rotatable bonds is 2. The minimum absolute atomic E-state index is 0. The Kier molecular flexibility index (Phi) is 5.74. The van der Waals surface area contributed by atoms with E-state index in [9.17, 15) is 9.50 Å². The van der Waals surface area contributed by atoms with Crippen molar-refractivity contribution in [2.45, 2.75) is 6.04 Å². The van der Waals surface area contributed by atoms with Crippen LogP contribution in [0.3, 0.4) is 0 Å². The summed E-state index contributed by atoms with van der Waals surface area (Å²) in [5.41, 5.74) is 5.74. The molecule has 2 nitrogen and oxygen atoms in total. The summed E-state index contributed by atoms with van der Waals surface area (Å²) in [7, 11) is 0. The van der Waals surface area contributed by atoms with E-state index in [2.05, 4.69) is 15.9 Å². The number of nitrogens with two attached hydrogens (primary N) is 1. The first-order valence-electron chi connectivity index (χ1n) is 3.56. The first kappa shape index (κ1) is 14.0. The summed E-state index contributed by atoms with van der Waals surface area (Å²) in [6.45, 7) is -0.744. The van der Waals surface area contributed by atoms with Crippen molar-refractivity contribution in [2.24, 2.45) is 5.73 Å². The van der Waals surface area contributed by atoms with Crippen LogP contribution in [0.2, 0.25) is 5.02 Å². The summed E-state index contributed by atoms with van der Waals surface area (Å²) in [4.78, 5) is 0. The number of halogens is 4. The smallest absolute Gasteiger partial charge is 0.140 e. The van der Waals surface area contributed by atoms with Crippen molar-refractivity contribution in [1.82, 2.24) is 0 Å². The minimum Gasteiger partial charge on any atom is -0.506 e. The van der Waals surface area contributed by atoms with Crippen LogP contribution < -0.4 is 5.73 Å². The molecule has 0 spiro atoms.